The van der Waals surface area contributed by atoms with Gasteiger partial charge in [0.1, 0.15) is 12.4 Å². The fourth-order valence-electron chi connectivity index (χ4n) is 3.15. The Kier molecular flexibility index (Phi) is 5.79. The number of fused-ring (bicyclic) bond motifs is 1. The van der Waals surface area contributed by atoms with E-state index in [0.717, 1.165) is 11.1 Å². The largest absolute Gasteiger partial charge is 0.497 e. The molecule has 1 N–H and O–H groups in total. The van der Waals surface area contributed by atoms with Gasteiger partial charge < -0.3 is 14.6 Å². The van der Waals surface area contributed by atoms with Crippen LogP contribution in [0, 0.1) is 0 Å². The molecule has 0 unspecified atom stereocenters. The average molecular weight is 391 g/mol. The highest BCUT2D eigenvalue weighted by Crippen LogP contribution is 2.30. The highest BCUT2D eigenvalue weighted by atomic mass is 32.2. The highest BCUT2D eigenvalue weighted by molar-refractivity contribution is 7.89. The summed E-state index contributed by atoms with van der Waals surface area (Å²) in [5, 5.41) is 8.79. The number of benzene rings is 2. The lowest BCUT2D eigenvalue weighted by Gasteiger charge is -2.35. The van der Waals surface area contributed by atoms with Gasteiger partial charge in [0.05, 0.1) is 24.7 Å². The van der Waals surface area contributed by atoms with Crippen LogP contribution in [0.4, 0.5) is 0 Å². The lowest BCUT2D eigenvalue weighted by atomic mass is 9.96. The van der Waals surface area contributed by atoms with E-state index in [2.05, 4.69) is 0 Å². The topological polar surface area (TPSA) is 93.1 Å². The van der Waals surface area contributed by atoms with Gasteiger partial charge in [-0.05, 0) is 41.8 Å². The first-order valence-corrected chi connectivity index (χ1v) is 9.88. The minimum Gasteiger partial charge on any atom is -0.497 e. The Labute approximate surface area is 158 Å². The molecule has 0 aliphatic carbocycles. The molecule has 0 saturated heterocycles. The van der Waals surface area contributed by atoms with E-state index >= 15 is 0 Å². The summed E-state index contributed by atoms with van der Waals surface area (Å²) in [7, 11) is -2.26. The smallest absolute Gasteiger partial charge is 0.329 e. The number of methoxy groups -OCH3 is 1. The fraction of sp³-hybridized carbons (Fsp3) is 0.316. The average Bonchev–Trinajstić information content (AvgIpc) is 2.67. The van der Waals surface area contributed by atoms with Crippen LogP contribution in [0.1, 0.15) is 11.1 Å². The number of carboxylic acids is 1. The van der Waals surface area contributed by atoms with Crippen molar-refractivity contribution in [3.8, 4) is 5.75 Å². The van der Waals surface area contributed by atoms with Crippen molar-refractivity contribution in [1.82, 2.24) is 4.31 Å². The van der Waals surface area contributed by atoms with Gasteiger partial charge >= 0.3 is 5.97 Å². The molecule has 7 nitrogen and oxygen atoms in total. The number of aliphatic carboxylic acids is 1. The zero-order chi connectivity index (χ0) is 19.4. The molecule has 1 aliphatic heterocycles. The van der Waals surface area contributed by atoms with E-state index in [-0.39, 0.29) is 18.0 Å². The van der Waals surface area contributed by atoms with Crippen molar-refractivity contribution in [2.24, 2.45) is 0 Å². The normalized spacial score (nSPS) is 17.3. The Bertz CT molecular complexity index is 910. The Morgan fingerprint density at radius 3 is 2.44 bits per heavy atom. The molecular weight excluding hydrogens is 370 g/mol. The second kappa shape index (κ2) is 8.08. The van der Waals surface area contributed by atoms with E-state index in [0.29, 0.717) is 12.2 Å². The molecule has 8 heteroatoms. The highest BCUT2D eigenvalue weighted by Gasteiger charge is 2.35. The molecule has 0 fully saturated rings. The fourth-order valence-corrected chi connectivity index (χ4v) is 4.74. The van der Waals surface area contributed by atoms with Crippen LogP contribution in [0.15, 0.2) is 53.4 Å². The number of ether oxygens (including phenoxy) is 2. The predicted octanol–water partition coefficient (Wildman–Crippen LogP) is 1.91. The van der Waals surface area contributed by atoms with Crippen LogP contribution in [0.25, 0.3) is 0 Å². The van der Waals surface area contributed by atoms with Crippen LogP contribution in [-0.4, -0.2) is 50.2 Å². The monoisotopic (exact) mass is 391 g/mol. The van der Waals surface area contributed by atoms with Crippen LogP contribution in [0.3, 0.4) is 0 Å². The zero-order valence-electron chi connectivity index (χ0n) is 14.9. The van der Waals surface area contributed by atoms with E-state index in [1.807, 2.05) is 24.3 Å². The molecule has 0 spiro atoms. The van der Waals surface area contributed by atoms with E-state index < -0.39 is 28.6 Å². The molecule has 1 atom stereocenters. The summed E-state index contributed by atoms with van der Waals surface area (Å²) in [6.07, 6.45) is 0.463. The predicted molar refractivity (Wildman–Crippen MR) is 98.1 cm³/mol. The minimum atomic E-state index is -3.78. The molecule has 27 heavy (non-hydrogen) atoms. The maximum absolute atomic E-state index is 13.2. The Hall–Kier alpha value is -2.42. The van der Waals surface area contributed by atoms with Crippen molar-refractivity contribution in [3.05, 3.63) is 59.7 Å². The third-order valence-electron chi connectivity index (χ3n) is 4.51. The molecule has 0 amide bonds. The first-order valence-electron chi connectivity index (χ1n) is 8.44. The summed E-state index contributed by atoms with van der Waals surface area (Å²) in [4.78, 5) is 10.9. The molecule has 1 heterocycles. The number of sulfonamides is 1. The van der Waals surface area contributed by atoms with Gasteiger partial charge in [-0.2, -0.15) is 4.31 Å². The van der Waals surface area contributed by atoms with E-state index in [1.54, 1.807) is 12.1 Å². The first kappa shape index (κ1) is 19.3. The molecule has 0 bridgehead atoms. The van der Waals surface area contributed by atoms with Crippen LogP contribution in [0.2, 0.25) is 0 Å². The molecule has 0 aromatic heterocycles. The van der Waals surface area contributed by atoms with Gasteiger partial charge in [-0.15, -0.1) is 0 Å². The van der Waals surface area contributed by atoms with Gasteiger partial charge in [-0.3, -0.25) is 0 Å². The summed E-state index contributed by atoms with van der Waals surface area (Å²) < 4.78 is 38.1. The summed E-state index contributed by atoms with van der Waals surface area (Å²) in [6, 6.07) is 13.4. The van der Waals surface area contributed by atoms with Crippen molar-refractivity contribution in [1.29, 1.82) is 0 Å². The Morgan fingerprint density at radius 2 is 1.81 bits per heavy atom. The standard InChI is InChI=1S/C19H21NO6S/c1-25-17-6-8-18(9-7-17)27(23,24)20-11-15-5-3-2-4-14(15)10-16(20)12-26-13-19(21)22/h2-9,16H,10-13H2,1H3,(H,21,22)/t16-/m0/s1. The lowest BCUT2D eigenvalue weighted by molar-refractivity contribution is -0.142. The Balaban J connectivity index is 1.91. The van der Waals surface area contributed by atoms with Crippen LogP contribution in [-0.2, 0) is 32.5 Å². The second-order valence-electron chi connectivity index (χ2n) is 6.26. The molecule has 3 rings (SSSR count). The summed E-state index contributed by atoms with van der Waals surface area (Å²) in [5.41, 5.74) is 1.98. The number of rotatable bonds is 7. The Morgan fingerprint density at radius 1 is 1.15 bits per heavy atom. The first-order chi connectivity index (χ1) is 12.9. The van der Waals surface area contributed by atoms with Gasteiger partial charge in [0.15, 0.2) is 0 Å². The van der Waals surface area contributed by atoms with Crippen molar-refractivity contribution >= 4 is 16.0 Å². The van der Waals surface area contributed by atoms with Crippen LogP contribution < -0.4 is 4.74 Å². The maximum atomic E-state index is 13.2. The molecule has 0 radical (unpaired) electrons. The maximum Gasteiger partial charge on any atom is 0.329 e. The third-order valence-corrected chi connectivity index (χ3v) is 6.42. The lowest BCUT2D eigenvalue weighted by Crippen LogP contribution is -2.46. The van der Waals surface area contributed by atoms with Gasteiger partial charge in [-0.1, -0.05) is 24.3 Å². The van der Waals surface area contributed by atoms with Gasteiger partial charge in [-0.25, -0.2) is 13.2 Å². The molecule has 0 saturated carbocycles. The molecule has 144 valence electrons. The van der Waals surface area contributed by atoms with E-state index in [9.17, 15) is 13.2 Å². The summed E-state index contributed by atoms with van der Waals surface area (Å²) >= 11 is 0. The van der Waals surface area contributed by atoms with Crippen LogP contribution >= 0.6 is 0 Å². The number of hydrogen-bond donors (Lipinski definition) is 1. The number of hydrogen-bond acceptors (Lipinski definition) is 5. The van der Waals surface area contributed by atoms with Crippen molar-refractivity contribution in [2.75, 3.05) is 20.3 Å². The number of carboxylic acid groups (broad SMARTS) is 1. The summed E-state index contributed by atoms with van der Waals surface area (Å²) in [6.45, 7) is -0.240. The van der Waals surface area contributed by atoms with Gasteiger partial charge in [0.25, 0.3) is 0 Å². The number of carbonyl (C=O) groups is 1. The number of nitrogens with zero attached hydrogens (tertiary/aromatic N) is 1. The van der Waals surface area contributed by atoms with Gasteiger partial charge in [0, 0.05) is 6.54 Å². The van der Waals surface area contributed by atoms with Crippen molar-refractivity contribution in [3.63, 3.8) is 0 Å². The SMILES string of the molecule is COc1ccc(S(=O)(=O)N2Cc3ccccc3C[C@H]2COCC(=O)O)cc1. The van der Waals surface area contributed by atoms with E-state index in [4.69, 9.17) is 14.6 Å². The molecular formula is C19H21NO6S. The molecule has 2 aromatic rings. The van der Waals surface area contributed by atoms with E-state index in [1.165, 1.54) is 23.5 Å². The molecule has 2 aromatic carbocycles. The quantitative estimate of drug-likeness (QED) is 0.775. The third kappa shape index (κ3) is 4.29. The summed E-state index contributed by atoms with van der Waals surface area (Å²) in [5.74, 6) is -0.518. The minimum absolute atomic E-state index is 0.00994. The second-order valence-corrected chi connectivity index (χ2v) is 8.15. The van der Waals surface area contributed by atoms with Gasteiger partial charge in [0.2, 0.25) is 10.0 Å². The van der Waals surface area contributed by atoms with Crippen LogP contribution in [0.5, 0.6) is 5.75 Å². The van der Waals surface area contributed by atoms with Crippen molar-refractivity contribution < 1.29 is 27.8 Å². The zero-order valence-corrected chi connectivity index (χ0v) is 15.7. The molecule has 1 aliphatic rings. The van der Waals surface area contributed by atoms with Crippen molar-refractivity contribution in [2.45, 2.75) is 23.9 Å².